The number of aromatic hydroxyl groups is 2. The summed E-state index contributed by atoms with van der Waals surface area (Å²) in [6, 6.07) is 24.1. The minimum atomic E-state index is -0.729. The number of ether oxygens (including phenoxy) is 1. The van der Waals surface area contributed by atoms with Gasteiger partial charge in [-0.15, -0.1) is 0 Å². The summed E-state index contributed by atoms with van der Waals surface area (Å²) < 4.78 is 6.55. The molecule has 4 aromatic carbocycles. The highest BCUT2D eigenvalue weighted by Gasteiger charge is 2.54. The molecule has 4 aromatic rings. The fraction of sp³-hybridized carbons (Fsp3) is 0.200. The second-order valence-corrected chi connectivity index (χ2v) is 9.38. The first kappa shape index (κ1) is 19.9. The highest BCUT2D eigenvalue weighted by atomic mass is 16.5. The van der Waals surface area contributed by atoms with Crippen molar-refractivity contribution in [3.63, 3.8) is 0 Å². The van der Waals surface area contributed by atoms with Crippen molar-refractivity contribution in [3.8, 4) is 17.2 Å². The number of hydrogen-bond donors (Lipinski definition) is 2. The van der Waals surface area contributed by atoms with Crippen LogP contribution >= 0.6 is 0 Å². The lowest BCUT2D eigenvalue weighted by atomic mass is 9.53. The second kappa shape index (κ2) is 6.89. The second-order valence-electron chi connectivity index (χ2n) is 9.38. The van der Waals surface area contributed by atoms with Gasteiger partial charge in [0.2, 0.25) is 0 Å². The average molecular weight is 435 g/mol. The molecule has 33 heavy (non-hydrogen) atoms. The maximum absolute atomic E-state index is 11.2. The molecular weight excluding hydrogens is 408 g/mol. The van der Waals surface area contributed by atoms with Crippen LogP contribution in [-0.4, -0.2) is 16.8 Å². The Bertz CT molecular complexity index is 1360. The van der Waals surface area contributed by atoms with E-state index in [1.807, 2.05) is 24.3 Å². The molecule has 0 radical (unpaired) electrons. The molecular formula is C30H26O3. The molecule has 0 atom stereocenters. The summed E-state index contributed by atoms with van der Waals surface area (Å²) >= 11 is 0. The molecule has 0 saturated heterocycles. The third-order valence-electron chi connectivity index (χ3n) is 7.74. The molecule has 0 saturated carbocycles. The van der Waals surface area contributed by atoms with Crippen molar-refractivity contribution >= 4 is 0 Å². The minimum absolute atomic E-state index is 0.120. The zero-order chi connectivity index (χ0) is 22.9. The summed E-state index contributed by atoms with van der Waals surface area (Å²) in [6.45, 7) is 6.64. The largest absolute Gasteiger partial charge is 0.508 e. The molecule has 0 aliphatic heterocycles. The molecule has 0 fully saturated rings. The van der Waals surface area contributed by atoms with E-state index < -0.39 is 5.41 Å². The molecule has 0 aromatic heterocycles. The maximum atomic E-state index is 11.2. The van der Waals surface area contributed by atoms with Gasteiger partial charge in [0.1, 0.15) is 23.9 Å². The Hall–Kier alpha value is -3.72. The van der Waals surface area contributed by atoms with E-state index in [4.69, 9.17) is 4.74 Å². The zero-order valence-corrected chi connectivity index (χ0v) is 19.0. The van der Waals surface area contributed by atoms with Gasteiger partial charge in [-0.2, -0.15) is 0 Å². The Labute approximate surface area is 193 Å². The molecule has 0 amide bonds. The standard InChI is InChI=1S/C30H26O3/c1-17-14-20(15-18(2)19(17)3)33-16-30-23-10-6-4-8-21(23)27(22-9-5-7-11-24(22)30)28-25(31)12-13-26(32)29(28)30/h4-15,27,31-32H,16H2,1-3H3. The smallest absolute Gasteiger partial charge is 0.120 e. The lowest BCUT2D eigenvalue weighted by molar-refractivity contribution is 0.251. The van der Waals surface area contributed by atoms with E-state index in [9.17, 15) is 10.2 Å². The molecule has 2 N–H and O–H groups in total. The lowest BCUT2D eigenvalue weighted by Gasteiger charge is -2.50. The molecule has 3 aliphatic carbocycles. The zero-order valence-electron chi connectivity index (χ0n) is 19.0. The van der Waals surface area contributed by atoms with Crippen LogP contribution in [0.25, 0.3) is 0 Å². The number of benzene rings is 4. The van der Waals surface area contributed by atoms with Gasteiger partial charge in [-0.1, -0.05) is 48.5 Å². The predicted molar refractivity (Wildman–Crippen MR) is 130 cm³/mol. The van der Waals surface area contributed by atoms with Gasteiger partial charge in [0.25, 0.3) is 0 Å². The minimum Gasteiger partial charge on any atom is -0.508 e. The van der Waals surface area contributed by atoms with Crippen LogP contribution in [0.5, 0.6) is 17.2 Å². The van der Waals surface area contributed by atoms with Gasteiger partial charge >= 0.3 is 0 Å². The molecule has 164 valence electrons. The number of hydrogen-bond acceptors (Lipinski definition) is 3. The fourth-order valence-corrected chi connectivity index (χ4v) is 6.00. The average Bonchev–Trinajstić information content (AvgIpc) is 2.83. The SMILES string of the molecule is Cc1cc(OCC23c4ccccc4C(c4ccccc42)c2c(O)ccc(O)c23)cc(C)c1C. The first-order valence-electron chi connectivity index (χ1n) is 11.4. The van der Waals surface area contributed by atoms with Crippen LogP contribution in [0.2, 0.25) is 0 Å². The number of aryl methyl sites for hydroxylation is 2. The molecule has 0 heterocycles. The Morgan fingerprint density at radius 1 is 0.758 bits per heavy atom. The number of phenols is 2. The quantitative estimate of drug-likeness (QED) is 0.375. The molecule has 3 nitrogen and oxygen atoms in total. The highest BCUT2D eigenvalue weighted by molar-refractivity contribution is 5.76. The lowest BCUT2D eigenvalue weighted by Crippen LogP contribution is -2.46. The molecule has 3 aliphatic rings. The molecule has 0 unspecified atom stereocenters. The maximum Gasteiger partial charge on any atom is 0.120 e. The van der Waals surface area contributed by atoms with Gasteiger partial charge in [0.05, 0.1) is 5.41 Å². The van der Waals surface area contributed by atoms with Gasteiger partial charge in [-0.05, 0) is 84.0 Å². The van der Waals surface area contributed by atoms with E-state index in [1.165, 1.54) is 16.7 Å². The number of phenolic OH excluding ortho intramolecular Hbond substituents is 2. The van der Waals surface area contributed by atoms with Crippen molar-refractivity contribution in [2.24, 2.45) is 0 Å². The molecule has 2 bridgehead atoms. The van der Waals surface area contributed by atoms with Crippen LogP contribution in [0.4, 0.5) is 0 Å². The highest BCUT2D eigenvalue weighted by Crippen LogP contribution is 2.62. The van der Waals surface area contributed by atoms with E-state index in [-0.39, 0.29) is 17.4 Å². The first-order valence-corrected chi connectivity index (χ1v) is 11.4. The Morgan fingerprint density at radius 3 is 1.91 bits per heavy atom. The van der Waals surface area contributed by atoms with Crippen LogP contribution in [0, 0.1) is 20.8 Å². The van der Waals surface area contributed by atoms with E-state index >= 15 is 0 Å². The van der Waals surface area contributed by atoms with E-state index in [2.05, 4.69) is 57.2 Å². The van der Waals surface area contributed by atoms with Gasteiger partial charge in [-0.3, -0.25) is 0 Å². The Morgan fingerprint density at radius 2 is 1.30 bits per heavy atom. The van der Waals surface area contributed by atoms with Crippen LogP contribution in [0.1, 0.15) is 56.0 Å². The summed E-state index contributed by atoms with van der Waals surface area (Å²) in [6.07, 6.45) is 0. The Kier molecular flexibility index (Phi) is 4.16. The summed E-state index contributed by atoms with van der Waals surface area (Å²) in [5.74, 6) is 1.10. The van der Waals surface area contributed by atoms with Gasteiger partial charge in [0.15, 0.2) is 0 Å². The third kappa shape index (κ3) is 2.56. The number of rotatable bonds is 3. The van der Waals surface area contributed by atoms with E-state index in [0.717, 1.165) is 39.1 Å². The first-order chi connectivity index (χ1) is 15.9. The monoisotopic (exact) mass is 434 g/mol. The molecule has 3 heteroatoms. The van der Waals surface area contributed by atoms with Gasteiger partial charge in [-0.25, -0.2) is 0 Å². The molecule has 7 rings (SSSR count). The third-order valence-corrected chi connectivity index (χ3v) is 7.74. The van der Waals surface area contributed by atoms with E-state index in [0.29, 0.717) is 6.61 Å². The summed E-state index contributed by atoms with van der Waals surface area (Å²) in [4.78, 5) is 0. The predicted octanol–water partition coefficient (Wildman–Crippen LogP) is 6.24. The van der Waals surface area contributed by atoms with Crippen molar-refractivity contribution in [1.82, 2.24) is 0 Å². The Balaban J connectivity index is 1.63. The molecule has 0 spiro atoms. The fourth-order valence-electron chi connectivity index (χ4n) is 6.00. The van der Waals surface area contributed by atoms with Gasteiger partial charge < -0.3 is 14.9 Å². The van der Waals surface area contributed by atoms with Gasteiger partial charge in [0, 0.05) is 17.0 Å². The van der Waals surface area contributed by atoms with Crippen molar-refractivity contribution in [2.45, 2.75) is 32.1 Å². The van der Waals surface area contributed by atoms with Crippen LogP contribution < -0.4 is 4.74 Å². The van der Waals surface area contributed by atoms with Crippen molar-refractivity contribution in [2.75, 3.05) is 6.61 Å². The van der Waals surface area contributed by atoms with Crippen molar-refractivity contribution in [1.29, 1.82) is 0 Å². The normalized spacial score (nSPS) is 19.5. The van der Waals surface area contributed by atoms with Crippen LogP contribution in [-0.2, 0) is 5.41 Å². The van der Waals surface area contributed by atoms with Crippen LogP contribution in [0.15, 0.2) is 72.8 Å². The van der Waals surface area contributed by atoms with E-state index in [1.54, 1.807) is 12.1 Å². The summed E-state index contributed by atoms with van der Waals surface area (Å²) in [7, 11) is 0. The topological polar surface area (TPSA) is 49.7 Å². The van der Waals surface area contributed by atoms with Crippen LogP contribution in [0.3, 0.4) is 0 Å². The van der Waals surface area contributed by atoms with Crippen molar-refractivity contribution < 1.29 is 14.9 Å². The summed E-state index contributed by atoms with van der Waals surface area (Å²) in [5.41, 5.74) is 9.03. The van der Waals surface area contributed by atoms with Crippen molar-refractivity contribution in [3.05, 3.63) is 123 Å². The summed E-state index contributed by atoms with van der Waals surface area (Å²) in [5, 5.41) is 22.2.